The lowest BCUT2D eigenvalue weighted by Crippen LogP contribution is -2.44. The van der Waals surface area contributed by atoms with Gasteiger partial charge in [0, 0.05) is 16.1 Å². The van der Waals surface area contributed by atoms with E-state index in [4.69, 9.17) is 21.2 Å². The molecule has 6 nitrogen and oxygen atoms in total. The van der Waals surface area contributed by atoms with Crippen LogP contribution in [0.15, 0.2) is 97.1 Å². The fourth-order valence-corrected chi connectivity index (χ4v) is 5.64. The van der Waals surface area contributed by atoms with Crippen LogP contribution in [0.2, 0.25) is 5.02 Å². The zero-order valence-corrected chi connectivity index (χ0v) is 24.7. The van der Waals surface area contributed by atoms with Crippen molar-refractivity contribution in [1.29, 1.82) is 0 Å². The van der Waals surface area contributed by atoms with Gasteiger partial charge in [0.2, 0.25) is 0 Å². The molecule has 0 fully saturated rings. The van der Waals surface area contributed by atoms with Crippen molar-refractivity contribution in [2.75, 3.05) is 7.11 Å². The number of carbonyl (C=O) groups is 2. The number of phenols is 1. The average Bonchev–Trinajstić information content (AvgIpc) is 3.44. The Bertz CT molecular complexity index is 1770. The quantitative estimate of drug-likeness (QED) is 0.129. The van der Waals surface area contributed by atoms with Gasteiger partial charge in [-0.05, 0) is 82.2 Å². The van der Waals surface area contributed by atoms with Gasteiger partial charge in [-0.1, -0.05) is 54.1 Å². The number of phenolic OH excluding ortho intramolecular Hbond substituents is 1. The van der Waals surface area contributed by atoms with Gasteiger partial charge in [-0.15, -0.1) is 16.4 Å². The van der Waals surface area contributed by atoms with Crippen molar-refractivity contribution in [3.05, 3.63) is 124 Å². The third-order valence-corrected chi connectivity index (χ3v) is 8.25. The Morgan fingerprint density at radius 2 is 1.52 bits per heavy atom. The summed E-state index contributed by atoms with van der Waals surface area (Å²) in [6.07, 6.45) is -4.50. The molecule has 5 rings (SSSR count). The van der Waals surface area contributed by atoms with Crippen molar-refractivity contribution in [3.8, 4) is 16.9 Å². The van der Waals surface area contributed by atoms with Crippen LogP contribution in [0.3, 0.4) is 0 Å². The standard InChI is InChI=1S/C33H25ClF3NO5S/c1-42-31(40)28(16-20-4-13-27(39)14-5-20)38(19-21-2-9-25(10-3-21)33(35,36)37)43-32(41)30-18-24-17-23(8-15-29(24)44-30)22-6-11-26(34)12-7-22/h2-15,17-18,28,39H,16,19H2,1H3/t28-/m0/s1. The van der Waals surface area contributed by atoms with Crippen LogP contribution in [0.25, 0.3) is 21.2 Å². The van der Waals surface area contributed by atoms with E-state index in [9.17, 15) is 27.9 Å². The highest BCUT2D eigenvalue weighted by molar-refractivity contribution is 7.20. The van der Waals surface area contributed by atoms with E-state index >= 15 is 0 Å². The van der Waals surface area contributed by atoms with Crippen LogP contribution in [-0.2, 0) is 33.5 Å². The molecule has 11 heteroatoms. The van der Waals surface area contributed by atoms with E-state index < -0.39 is 29.7 Å². The number of methoxy groups -OCH3 is 1. The van der Waals surface area contributed by atoms with Crippen molar-refractivity contribution >= 4 is 45.0 Å². The lowest BCUT2D eigenvalue weighted by Gasteiger charge is -2.28. The molecule has 0 aliphatic heterocycles. The predicted molar refractivity (Wildman–Crippen MR) is 162 cm³/mol. The Morgan fingerprint density at radius 1 is 0.886 bits per heavy atom. The Kier molecular flexibility index (Phi) is 9.24. The average molecular weight is 640 g/mol. The molecule has 0 saturated carbocycles. The molecule has 1 atom stereocenters. The second-order valence-corrected chi connectivity index (χ2v) is 11.4. The number of benzene rings is 4. The summed E-state index contributed by atoms with van der Waals surface area (Å²) in [6.45, 7) is -0.201. The third kappa shape index (κ3) is 7.39. The summed E-state index contributed by atoms with van der Waals surface area (Å²) < 4.78 is 45.3. The maximum Gasteiger partial charge on any atom is 0.416 e. The highest BCUT2D eigenvalue weighted by Gasteiger charge is 2.33. The van der Waals surface area contributed by atoms with Crippen LogP contribution < -0.4 is 0 Å². The van der Waals surface area contributed by atoms with Crippen LogP contribution in [0.5, 0.6) is 5.75 Å². The lowest BCUT2D eigenvalue weighted by molar-refractivity contribution is -0.177. The number of rotatable bonds is 9. The molecule has 0 bridgehead atoms. The highest BCUT2D eigenvalue weighted by Crippen LogP contribution is 2.32. The molecule has 0 aliphatic rings. The summed E-state index contributed by atoms with van der Waals surface area (Å²) >= 11 is 7.22. The summed E-state index contributed by atoms with van der Waals surface area (Å²) in [5, 5.41) is 12.2. The number of nitrogens with zero attached hydrogens (tertiary/aromatic N) is 1. The van der Waals surface area contributed by atoms with Crippen molar-refractivity contribution < 1.29 is 37.4 Å². The molecule has 0 amide bonds. The molecule has 44 heavy (non-hydrogen) atoms. The molecular formula is C33H25ClF3NO5S. The van der Waals surface area contributed by atoms with Crippen LogP contribution >= 0.6 is 22.9 Å². The Balaban J connectivity index is 1.45. The first kappa shape index (κ1) is 31.1. The number of halogens is 4. The van der Waals surface area contributed by atoms with Crippen molar-refractivity contribution in [2.45, 2.75) is 25.2 Å². The van der Waals surface area contributed by atoms with E-state index in [0.29, 0.717) is 16.1 Å². The summed E-state index contributed by atoms with van der Waals surface area (Å²) in [4.78, 5) is 32.6. The van der Waals surface area contributed by atoms with E-state index in [1.165, 1.54) is 42.7 Å². The number of fused-ring (bicyclic) bond motifs is 1. The van der Waals surface area contributed by atoms with Gasteiger partial charge < -0.3 is 14.7 Å². The van der Waals surface area contributed by atoms with Crippen LogP contribution in [0.1, 0.15) is 26.4 Å². The van der Waals surface area contributed by atoms with Crippen molar-refractivity contribution in [3.63, 3.8) is 0 Å². The van der Waals surface area contributed by atoms with Gasteiger partial charge in [-0.25, -0.2) is 4.79 Å². The monoisotopic (exact) mass is 639 g/mol. The minimum atomic E-state index is -4.52. The van der Waals surface area contributed by atoms with Crippen LogP contribution in [-0.4, -0.2) is 35.3 Å². The predicted octanol–water partition coefficient (Wildman–Crippen LogP) is 8.30. The molecule has 0 spiro atoms. The summed E-state index contributed by atoms with van der Waals surface area (Å²) in [6, 6.07) is 24.1. The molecule has 0 unspecified atom stereocenters. The first-order valence-electron chi connectivity index (χ1n) is 13.3. The zero-order chi connectivity index (χ0) is 31.4. The van der Waals surface area contributed by atoms with E-state index in [0.717, 1.165) is 38.4 Å². The van der Waals surface area contributed by atoms with E-state index in [1.54, 1.807) is 30.3 Å². The van der Waals surface area contributed by atoms with E-state index in [2.05, 4.69) is 0 Å². The minimum Gasteiger partial charge on any atom is -0.508 e. The molecule has 226 valence electrons. The summed E-state index contributed by atoms with van der Waals surface area (Å²) in [5.74, 6) is -1.44. The maximum atomic E-state index is 13.5. The molecule has 1 heterocycles. The van der Waals surface area contributed by atoms with Gasteiger partial charge in [-0.2, -0.15) is 13.2 Å². The van der Waals surface area contributed by atoms with E-state index in [1.807, 2.05) is 30.3 Å². The second-order valence-electron chi connectivity index (χ2n) is 9.93. The lowest BCUT2D eigenvalue weighted by atomic mass is 10.0. The number of hydroxylamine groups is 2. The summed E-state index contributed by atoms with van der Waals surface area (Å²) in [5.41, 5.74) is 2.04. The number of ether oxygens (including phenoxy) is 1. The number of carbonyl (C=O) groups excluding carboxylic acids is 2. The SMILES string of the molecule is COC(=O)[C@H](Cc1ccc(O)cc1)N(Cc1ccc(C(F)(F)F)cc1)OC(=O)c1cc2cc(-c3ccc(Cl)cc3)ccc2s1. The normalized spacial score (nSPS) is 12.3. The molecule has 0 aliphatic carbocycles. The summed E-state index contributed by atoms with van der Waals surface area (Å²) in [7, 11) is 1.19. The maximum absolute atomic E-state index is 13.5. The molecule has 0 saturated heterocycles. The molecule has 1 N–H and O–H groups in total. The van der Waals surface area contributed by atoms with Crippen LogP contribution in [0.4, 0.5) is 13.2 Å². The highest BCUT2D eigenvalue weighted by atomic mass is 35.5. The number of hydrogen-bond acceptors (Lipinski definition) is 7. The van der Waals surface area contributed by atoms with Gasteiger partial charge in [0.1, 0.15) is 16.7 Å². The first-order valence-corrected chi connectivity index (χ1v) is 14.5. The fourth-order valence-electron chi connectivity index (χ4n) is 4.60. The largest absolute Gasteiger partial charge is 0.508 e. The van der Waals surface area contributed by atoms with E-state index in [-0.39, 0.29) is 23.6 Å². The molecule has 1 aromatic heterocycles. The molecule has 4 aromatic carbocycles. The number of esters is 1. The Morgan fingerprint density at radius 3 is 2.16 bits per heavy atom. The first-order chi connectivity index (χ1) is 21.0. The topological polar surface area (TPSA) is 76.1 Å². The molecule has 0 radical (unpaired) electrons. The van der Waals surface area contributed by atoms with Crippen LogP contribution in [0, 0.1) is 0 Å². The Labute approximate surface area is 259 Å². The fraction of sp³-hybridized carbons (Fsp3) is 0.152. The van der Waals surface area contributed by atoms with Gasteiger partial charge >= 0.3 is 18.1 Å². The van der Waals surface area contributed by atoms with Crippen molar-refractivity contribution in [1.82, 2.24) is 5.06 Å². The van der Waals surface area contributed by atoms with Gasteiger partial charge in [-0.3, -0.25) is 4.79 Å². The van der Waals surface area contributed by atoms with Crippen molar-refractivity contribution in [2.24, 2.45) is 0 Å². The Hall–Kier alpha value is -4.38. The smallest absolute Gasteiger partial charge is 0.416 e. The third-order valence-electron chi connectivity index (χ3n) is 6.90. The number of hydrogen-bond donors (Lipinski definition) is 1. The minimum absolute atomic E-state index is 0.0255. The van der Waals surface area contributed by atoms with Gasteiger partial charge in [0.05, 0.1) is 19.2 Å². The molecular weight excluding hydrogens is 615 g/mol. The van der Waals surface area contributed by atoms with Gasteiger partial charge in [0.25, 0.3) is 0 Å². The zero-order valence-electron chi connectivity index (χ0n) is 23.2. The van der Waals surface area contributed by atoms with Gasteiger partial charge in [0.15, 0.2) is 0 Å². The number of thiophene rings is 1. The number of alkyl halides is 3. The molecule has 5 aromatic rings. The number of aromatic hydroxyl groups is 1. The second kappa shape index (κ2) is 13.1.